The van der Waals surface area contributed by atoms with Crippen LogP contribution in [0.25, 0.3) is 0 Å². The van der Waals surface area contributed by atoms with Gasteiger partial charge in [0.15, 0.2) is 6.10 Å². The number of rotatable bonds is 67. The van der Waals surface area contributed by atoms with Crippen LogP contribution < -0.4 is 5.73 Å². The third-order valence-electron chi connectivity index (χ3n) is 16.0. The zero-order valence-corrected chi connectivity index (χ0v) is 52.6. The molecule has 0 aromatic heterocycles. The molecule has 2 atom stereocenters. The van der Waals surface area contributed by atoms with Crippen molar-refractivity contribution in [2.75, 3.05) is 26.4 Å². The van der Waals surface area contributed by atoms with E-state index in [1.807, 2.05) is 0 Å². The van der Waals surface area contributed by atoms with Crippen LogP contribution in [-0.2, 0) is 32.7 Å². The predicted octanol–water partition coefficient (Wildman–Crippen LogP) is 22.2. The minimum atomic E-state index is -4.38. The molecule has 3 N–H and O–H groups in total. The number of carbonyl (C=O) groups excluding carboxylic acids is 2. The third kappa shape index (κ3) is 64.1. The smallest absolute Gasteiger partial charge is 0.462 e. The minimum absolute atomic E-state index is 0.0588. The SMILES string of the molecule is CCCCCCCCCCCCCCCCCCCCCCCCCCCCCCC(=O)OCC(COP(=O)(O)OCCN)OC(=O)CCCCCCCCCCCCCCCCCCCCCCCCCCCCCC. The van der Waals surface area contributed by atoms with Gasteiger partial charge in [-0.1, -0.05) is 361 Å². The van der Waals surface area contributed by atoms with Gasteiger partial charge in [0, 0.05) is 19.4 Å². The van der Waals surface area contributed by atoms with E-state index in [0.717, 1.165) is 32.1 Å². The summed E-state index contributed by atoms with van der Waals surface area (Å²) in [6.45, 7) is 3.85. The Morgan fingerprint density at radius 2 is 0.558 bits per heavy atom. The number of phosphoric acid groups is 1. The van der Waals surface area contributed by atoms with E-state index in [9.17, 15) is 19.0 Å². The van der Waals surface area contributed by atoms with Gasteiger partial charge in [-0.05, 0) is 12.8 Å². The van der Waals surface area contributed by atoms with Crippen LogP contribution in [0.5, 0.6) is 0 Å². The third-order valence-corrected chi connectivity index (χ3v) is 17.0. The van der Waals surface area contributed by atoms with Gasteiger partial charge in [-0.15, -0.1) is 0 Å². The Bertz CT molecular complexity index is 1220. The highest BCUT2D eigenvalue weighted by atomic mass is 31.2. The van der Waals surface area contributed by atoms with Gasteiger partial charge in [0.1, 0.15) is 6.61 Å². The molecule has 0 radical (unpaired) electrons. The second-order valence-corrected chi connectivity index (χ2v) is 25.2. The maximum atomic E-state index is 12.8. The van der Waals surface area contributed by atoms with Gasteiger partial charge in [0.05, 0.1) is 13.2 Å². The van der Waals surface area contributed by atoms with Gasteiger partial charge in [0.2, 0.25) is 0 Å². The summed E-state index contributed by atoms with van der Waals surface area (Å²) in [6, 6.07) is 0. The van der Waals surface area contributed by atoms with Crippen molar-refractivity contribution in [3.63, 3.8) is 0 Å². The molecule has 0 spiro atoms. The van der Waals surface area contributed by atoms with Crippen molar-refractivity contribution >= 4 is 19.8 Å². The lowest BCUT2D eigenvalue weighted by atomic mass is 10.0. The molecule has 77 heavy (non-hydrogen) atoms. The zero-order valence-electron chi connectivity index (χ0n) is 51.7. The summed E-state index contributed by atoms with van der Waals surface area (Å²) in [4.78, 5) is 35.3. The zero-order chi connectivity index (χ0) is 55.9. The lowest BCUT2D eigenvalue weighted by Crippen LogP contribution is -2.29. The van der Waals surface area contributed by atoms with Gasteiger partial charge >= 0.3 is 19.8 Å². The average Bonchev–Trinajstić information content (AvgIpc) is 3.42. The van der Waals surface area contributed by atoms with Crippen LogP contribution in [-0.4, -0.2) is 49.3 Å². The number of esters is 2. The normalized spacial score (nSPS) is 12.8. The molecule has 0 bridgehead atoms. The highest BCUT2D eigenvalue weighted by Gasteiger charge is 2.26. The van der Waals surface area contributed by atoms with E-state index < -0.39 is 26.5 Å². The second kappa shape index (κ2) is 64.2. The Kier molecular flexibility index (Phi) is 63.4. The van der Waals surface area contributed by atoms with E-state index in [4.69, 9.17) is 24.3 Å². The highest BCUT2D eigenvalue weighted by Crippen LogP contribution is 2.43. The number of phosphoric ester groups is 1. The van der Waals surface area contributed by atoms with Crippen molar-refractivity contribution < 1.29 is 37.6 Å². The van der Waals surface area contributed by atoms with Gasteiger partial charge < -0.3 is 20.1 Å². The quantitative estimate of drug-likeness (QED) is 0.0347. The minimum Gasteiger partial charge on any atom is -0.462 e. The molecule has 9 nitrogen and oxygen atoms in total. The number of carbonyl (C=O) groups is 2. The fourth-order valence-corrected chi connectivity index (χ4v) is 11.6. The van der Waals surface area contributed by atoms with Gasteiger partial charge in [-0.2, -0.15) is 0 Å². The van der Waals surface area contributed by atoms with Crippen LogP contribution in [0.15, 0.2) is 0 Å². The molecule has 0 saturated heterocycles. The van der Waals surface area contributed by atoms with Crippen molar-refractivity contribution in [3.05, 3.63) is 0 Å². The van der Waals surface area contributed by atoms with Crippen molar-refractivity contribution in [1.82, 2.24) is 0 Å². The van der Waals surface area contributed by atoms with Crippen molar-refractivity contribution in [2.24, 2.45) is 5.73 Å². The first kappa shape index (κ1) is 76.0. The largest absolute Gasteiger partial charge is 0.472 e. The number of ether oxygens (including phenoxy) is 2. The number of unbranched alkanes of at least 4 members (excludes halogenated alkanes) is 54. The molecule has 0 amide bonds. The molecular weight excluding hydrogens is 978 g/mol. The summed E-state index contributed by atoms with van der Waals surface area (Å²) >= 11 is 0. The Morgan fingerprint density at radius 1 is 0.338 bits per heavy atom. The van der Waals surface area contributed by atoms with E-state index in [-0.39, 0.29) is 32.1 Å². The lowest BCUT2D eigenvalue weighted by Gasteiger charge is -2.19. The van der Waals surface area contributed by atoms with Gasteiger partial charge in [-0.3, -0.25) is 18.6 Å². The predicted molar refractivity (Wildman–Crippen MR) is 331 cm³/mol. The van der Waals surface area contributed by atoms with E-state index in [1.165, 1.54) is 321 Å². The molecule has 0 saturated carbocycles. The first-order valence-electron chi connectivity index (χ1n) is 34.5. The van der Waals surface area contributed by atoms with Crippen LogP contribution in [0, 0.1) is 0 Å². The molecule has 0 heterocycles. The molecule has 0 aliphatic rings. The first-order chi connectivity index (χ1) is 37.8. The maximum Gasteiger partial charge on any atom is 0.472 e. The van der Waals surface area contributed by atoms with E-state index in [1.54, 1.807) is 0 Å². The number of hydrogen-bond donors (Lipinski definition) is 2. The van der Waals surface area contributed by atoms with Crippen LogP contribution in [0.1, 0.15) is 386 Å². The molecule has 0 aliphatic carbocycles. The molecule has 0 fully saturated rings. The lowest BCUT2D eigenvalue weighted by molar-refractivity contribution is -0.161. The topological polar surface area (TPSA) is 134 Å². The van der Waals surface area contributed by atoms with Crippen LogP contribution >= 0.6 is 7.82 Å². The maximum absolute atomic E-state index is 12.8. The van der Waals surface area contributed by atoms with E-state index >= 15 is 0 Å². The average molecular weight is 1110 g/mol. The van der Waals surface area contributed by atoms with Crippen LogP contribution in [0.4, 0.5) is 0 Å². The monoisotopic (exact) mass is 1110 g/mol. The second-order valence-electron chi connectivity index (χ2n) is 23.8. The van der Waals surface area contributed by atoms with Crippen LogP contribution in [0.2, 0.25) is 0 Å². The molecule has 0 aromatic carbocycles. The standard InChI is InChI=1S/C67H134NO8P/c1-3-5-7-9-11-13-15-17-19-21-23-25-27-29-31-33-35-37-39-41-43-45-47-49-51-53-55-57-59-66(69)73-63-65(64-75-77(71,72)74-62-61-68)76-67(70)60-58-56-54-52-50-48-46-44-42-40-38-36-34-32-30-28-26-24-22-20-18-16-14-12-10-8-6-4-2/h65H,3-64,68H2,1-2H3,(H,71,72). The number of nitrogens with two attached hydrogens (primary N) is 1. The molecule has 0 aliphatic heterocycles. The summed E-state index contributed by atoms with van der Waals surface area (Å²) in [5.74, 6) is -0.797. The molecule has 460 valence electrons. The van der Waals surface area contributed by atoms with Gasteiger partial charge in [-0.25, -0.2) is 4.57 Å². The Morgan fingerprint density at radius 3 is 0.792 bits per heavy atom. The van der Waals surface area contributed by atoms with E-state index in [0.29, 0.717) is 12.8 Å². The van der Waals surface area contributed by atoms with Crippen molar-refractivity contribution in [3.8, 4) is 0 Å². The highest BCUT2D eigenvalue weighted by molar-refractivity contribution is 7.47. The summed E-state index contributed by atoms with van der Waals surface area (Å²) in [6.07, 6.45) is 74.9. The summed E-state index contributed by atoms with van der Waals surface area (Å²) < 4.78 is 33.2. The Hall–Kier alpha value is -0.990. The van der Waals surface area contributed by atoms with Crippen LogP contribution in [0.3, 0.4) is 0 Å². The van der Waals surface area contributed by atoms with E-state index in [2.05, 4.69) is 13.8 Å². The summed E-state index contributed by atoms with van der Waals surface area (Å²) in [5.41, 5.74) is 5.40. The fourth-order valence-electron chi connectivity index (χ4n) is 10.9. The Balaban J connectivity index is 3.81. The first-order valence-corrected chi connectivity index (χ1v) is 36.0. The fraction of sp³-hybridized carbons (Fsp3) is 0.970. The van der Waals surface area contributed by atoms with Crippen molar-refractivity contribution in [1.29, 1.82) is 0 Å². The summed E-state index contributed by atoms with van der Waals surface area (Å²) in [7, 11) is -4.38. The molecule has 0 rings (SSSR count). The molecule has 0 aromatic rings. The molecular formula is C67H134NO8P. The molecule has 10 heteroatoms. The van der Waals surface area contributed by atoms with Gasteiger partial charge in [0.25, 0.3) is 0 Å². The number of hydrogen-bond acceptors (Lipinski definition) is 8. The van der Waals surface area contributed by atoms with Crippen molar-refractivity contribution in [2.45, 2.75) is 392 Å². The Labute approximate surface area is 479 Å². The molecule has 2 unspecified atom stereocenters. The summed E-state index contributed by atoms with van der Waals surface area (Å²) in [5, 5.41) is 0.